The lowest BCUT2D eigenvalue weighted by atomic mass is 10.0. The molecular weight excluding hydrogens is 292 g/mol. The van der Waals surface area contributed by atoms with E-state index in [1.54, 1.807) is 42.5 Å². The van der Waals surface area contributed by atoms with Gasteiger partial charge in [-0.05, 0) is 24.3 Å². The summed E-state index contributed by atoms with van der Waals surface area (Å²) >= 11 is 0. The zero-order valence-electron chi connectivity index (χ0n) is 12.0. The summed E-state index contributed by atoms with van der Waals surface area (Å²) in [7, 11) is 0. The summed E-state index contributed by atoms with van der Waals surface area (Å²) in [5.41, 5.74) is 7.01. The molecule has 0 fully saturated rings. The van der Waals surface area contributed by atoms with Crippen molar-refractivity contribution in [2.45, 2.75) is 0 Å². The molecule has 3 N–H and O–H groups in total. The zero-order valence-corrected chi connectivity index (χ0v) is 12.0. The number of aromatic nitrogens is 1. The second-order valence-electron chi connectivity index (χ2n) is 5.22. The fourth-order valence-electron chi connectivity index (χ4n) is 2.75. The van der Waals surface area contributed by atoms with Crippen molar-refractivity contribution in [3.8, 4) is 17.0 Å². The first-order valence-electron chi connectivity index (χ1n) is 7.05. The maximum absolute atomic E-state index is 12.2. The van der Waals surface area contributed by atoms with Crippen molar-refractivity contribution in [1.29, 1.82) is 0 Å². The van der Waals surface area contributed by atoms with E-state index < -0.39 is 5.63 Å². The van der Waals surface area contributed by atoms with Gasteiger partial charge < -0.3 is 15.3 Å². The average Bonchev–Trinajstić information content (AvgIpc) is 2.55. The highest BCUT2D eigenvalue weighted by Gasteiger charge is 2.14. The normalized spacial score (nSPS) is 11.1. The van der Waals surface area contributed by atoms with Crippen LogP contribution in [-0.4, -0.2) is 10.1 Å². The number of hydrogen-bond acceptors (Lipinski definition) is 5. The Balaban J connectivity index is 2.17. The average molecular weight is 304 g/mol. The summed E-state index contributed by atoms with van der Waals surface area (Å²) in [6, 6.07) is 15.8. The molecule has 5 nitrogen and oxygen atoms in total. The monoisotopic (exact) mass is 304 g/mol. The second-order valence-corrected chi connectivity index (χ2v) is 5.22. The standard InChI is InChI=1S/C18H12N2O3/c19-17-16-12(10-5-2-4-8-15(10)23-18(16)22)9-13(20-17)11-6-1-3-7-14(11)21/h1-9,21H,(H2,19,20). The number of rotatable bonds is 1. The Morgan fingerprint density at radius 2 is 1.74 bits per heavy atom. The molecule has 0 bridgehead atoms. The number of pyridine rings is 1. The number of nitrogens with two attached hydrogens (primary N) is 1. The number of anilines is 1. The van der Waals surface area contributed by atoms with Crippen LogP contribution in [0.1, 0.15) is 0 Å². The van der Waals surface area contributed by atoms with Gasteiger partial charge in [-0.2, -0.15) is 0 Å². The van der Waals surface area contributed by atoms with Crippen molar-refractivity contribution in [3.05, 3.63) is 65.0 Å². The van der Waals surface area contributed by atoms with Crippen LogP contribution in [0.2, 0.25) is 0 Å². The van der Waals surface area contributed by atoms with E-state index in [0.29, 0.717) is 22.2 Å². The van der Waals surface area contributed by atoms with Gasteiger partial charge in [-0.3, -0.25) is 0 Å². The van der Waals surface area contributed by atoms with E-state index in [1.807, 2.05) is 12.1 Å². The molecule has 0 aliphatic rings. The smallest absolute Gasteiger partial charge is 0.347 e. The van der Waals surface area contributed by atoms with Crippen LogP contribution < -0.4 is 11.4 Å². The Hall–Kier alpha value is -3.34. The van der Waals surface area contributed by atoms with Gasteiger partial charge >= 0.3 is 5.63 Å². The summed E-state index contributed by atoms with van der Waals surface area (Å²) in [4.78, 5) is 16.5. The van der Waals surface area contributed by atoms with Gasteiger partial charge in [0.05, 0.1) is 5.69 Å². The highest BCUT2D eigenvalue weighted by atomic mass is 16.4. The van der Waals surface area contributed by atoms with Gasteiger partial charge in [-0.15, -0.1) is 0 Å². The van der Waals surface area contributed by atoms with Crippen molar-refractivity contribution in [2.75, 3.05) is 5.73 Å². The number of fused-ring (bicyclic) bond motifs is 3. The molecule has 0 saturated carbocycles. The van der Waals surface area contributed by atoms with Crippen LogP contribution in [0.4, 0.5) is 5.82 Å². The first-order valence-corrected chi connectivity index (χ1v) is 7.05. The molecule has 4 rings (SSSR count). The molecule has 2 aromatic carbocycles. The van der Waals surface area contributed by atoms with Crippen molar-refractivity contribution in [1.82, 2.24) is 4.98 Å². The number of benzene rings is 2. The van der Waals surface area contributed by atoms with E-state index in [1.165, 1.54) is 0 Å². The molecule has 0 saturated heterocycles. The van der Waals surface area contributed by atoms with E-state index in [9.17, 15) is 9.90 Å². The Morgan fingerprint density at radius 3 is 2.57 bits per heavy atom. The third-order valence-corrected chi connectivity index (χ3v) is 3.81. The van der Waals surface area contributed by atoms with Crippen LogP contribution in [-0.2, 0) is 0 Å². The quantitative estimate of drug-likeness (QED) is 0.416. The number of phenols is 1. The van der Waals surface area contributed by atoms with Gasteiger partial charge in [0.1, 0.15) is 22.5 Å². The lowest BCUT2D eigenvalue weighted by Crippen LogP contribution is -2.06. The fraction of sp³-hybridized carbons (Fsp3) is 0. The molecule has 2 heterocycles. The number of para-hydroxylation sites is 2. The van der Waals surface area contributed by atoms with Gasteiger partial charge in [0.2, 0.25) is 0 Å². The molecule has 0 unspecified atom stereocenters. The number of nitrogen functional groups attached to an aromatic ring is 1. The summed E-state index contributed by atoms with van der Waals surface area (Å²) in [5.74, 6) is 0.186. The van der Waals surface area contributed by atoms with Crippen molar-refractivity contribution in [3.63, 3.8) is 0 Å². The van der Waals surface area contributed by atoms with Crippen LogP contribution in [0.25, 0.3) is 33.0 Å². The fourth-order valence-corrected chi connectivity index (χ4v) is 2.75. The van der Waals surface area contributed by atoms with E-state index in [2.05, 4.69) is 4.98 Å². The molecule has 112 valence electrons. The predicted molar refractivity (Wildman–Crippen MR) is 89.3 cm³/mol. The van der Waals surface area contributed by atoms with Gasteiger partial charge in [0.15, 0.2) is 0 Å². The number of nitrogens with zero attached hydrogens (tertiary/aromatic N) is 1. The van der Waals surface area contributed by atoms with Crippen LogP contribution >= 0.6 is 0 Å². The summed E-state index contributed by atoms with van der Waals surface area (Å²) < 4.78 is 5.30. The van der Waals surface area contributed by atoms with Crippen molar-refractivity contribution >= 4 is 27.6 Å². The van der Waals surface area contributed by atoms with Crippen LogP contribution in [0.5, 0.6) is 5.75 Å². The van der Waals surface area contributed by atoms with Crippen LogP contribution in [0.15, 0.2) is 63.8 Å². The lowest BCUT2D eigenvalue weighted by molar-refractivity contribution is 0.477. The van der Waals surface area contributed by atoms with Crippen LogP contribution in [0, 0.1) is 0 Å². The third kappa shape index (κ3) is 2.02. The van der Waals surface area contributed by atoms with Gasteiger partial charge in [0.25, 0.3) is 0 Å². The number of phenolic OH excluding ortho intramolecular Hbond substituents is 1. The maximum Gasteiger partial charge on any atom is 0.347 e. The highest BCUT2D eigenvalue weighted by Crippen LogP contribution is 2.33. The maximum atomic E-state index is 12.2. The molecule has 0 spiro atoms. The Morgan fingerprint density at radius 1 is 1.00 bits per heavy atom. The van der Waals surface area contributed by atoms with E-state index in [-0.39, 0.29) is 17.0 Å². The molecule has 23 heavy (non-hydrogen) atoms. The van der Waals surface area contributed by atoms with Crippen molar-refractivity contribution in [2.24, 2.45) is 0 Å². The molecule has 0 aliphatic heterocycles. The topological polar surface area (TPSA) is 89.4 Å². The summed E-state index contributed by atoms with van der Waals surface area (Å²) in [6.07, 6.45) is 0. The highest BCUT2D eigenvalue weighted by molar-refractivity contribution is 6.08. The zero-order chi connectivity index (χ0) is 16.0. The molecule has 4 aromatic rings. The lowest BCUT2D eigenvalue weighted by Gasteiger charge is -2.09. The molecular formula is C18H12N2O3. The predicted octanol–water partition coefficient (Wildman–Crippen LogP) is 3.30. The third-order valence-electron chi connectivity index (χ3n) is 3.81. The minimum absolute atomic E-state index is 0.0836. The van der Waals surface area contributed by atoms with Crippen molar-refractivity contribution < 1.29 is 9.52 Å². The van der Waals surface area contributed by atoms with E-state index >= 15 is 0 Å². The molecule has 0 aliphatic carbocycles. The molecule has 0 radical (unpaired) electrons. The van der Waals surface area contributed by atoms with E-state index in [4.69, 9.17) is 10.2 Å². The molecule has 0 atom stereocenters. The molecule has 2 aromatic heterocycles. The largest absolute Gasteiger partial charge is 0.507 e. The minimum atomic E-state index is -0.521. The van der Waals surface area contributed by atoms with Gasteiger partial charge in [0, 0.05) is 16.3 Å². The Bertz CT molecular complexity index is 1120. The Kier molecular flexibility index (Phi) is 2.81. The second kappa shape index (κ2) is 4.84. The van der Waals surface area contributed by atoms with E-state index in [0.717, 1.165) is 5.39 Å². The minimum Gasteiger partial charge on any atom is -0.507 e. The molecule has 5 heteroatoms. The van der Waals surface area contributed by atoms with Gasteiger partial charge in [-0.1, -0.05) is 30.3 Å². The first-order chi connectivity index (χ1) is 11.1. The number of aromatic hydroxyl groups is 1. The summed E-state index contributed by atoms with van der Waals surface area (Å²) in [6.45, 7) is 0. The Labute approximate surface area is 130 Å². The van der Waals surface area contributed by atoms with Gasteiger partial charge in [-0.25, -0.2) is 9.78 Å². The SMILES string of the molecule is Nc1nc(-c2ccccc2O)cc2c1c(=O)oc1ccccc12. The molecule has 0 amide bonds. The number of hydrogen-bond donors (Lipinski definition) is 2. The van der Waals surface area contributed by atoms with Crippen LogP contribution in [0.3, 0.4) is 0 Å². The summed E-state index contributed by atoms with van der Waals surface area (Å²) in [5, 5.41) is 11.7. The first kappa shape index (κ1) is 13.3.